The van der Waals surface area contributed by atoms with Crippen molar-refractivity contribution in [2.75, 3.05) is 13.1 Å². The van der Waals surface area contributed by atoms with Gasteiger partial charge in [0, 0.05) is 6.54 Å². The molecule has 17 heavy (non-hydrogen) atoms. The van der Waals surface area contributed by atoms with Crippen LogP contribution in [0.25, 0.3) is 0 Å². The Hall–Kier alpha value is -0.960. The van der Waals surface area contributed by atoms with Crippen LogP contribution >= 0.6 is 0 Å². The fraction of sp³-hybridized carbons (Fsp3) is 0.571. The second-order valence-corrected chi connectivity index (χ2v) is 5.10. The van der Waals surface area contributed by atoms with Crippen molar-refractivity contribution < 1.29 is 8.78 Å². The third kappa shape index (κ3) is 3.25. The van der Waals surface area contributed by atoms with Gasteiger partial charge in [-0.3, -0.25) is 0 Å². The quantitative estimate of drug-likeness (QED) is 0.751. The minimum Gasteiger partial charge on any atom is -0.316 e. The van der Waals surface area contributed by atoms with Crippen molar-refractivity contribution in [2.24, 2.45) is 5.41 Å². The molecule has 1 N–H and O–H groups in total. The Morgan fingerprint density at radius 2 is 2.00 bits per heavy atom. The van der Waals surface area contributed by atoms with E-state index in [0.717, 1.165) is 31.5 Å². The average molecular weight is 239 g/mol. The van der Waals surface area contributed by atoms with Gasteiger partial charge in [0.2, 0.25) is 0 Å². The largest absolute Gasteiger partial charge is 0.316 e. The molecule has 0 aliphatic heterocycles. The molecule has 1 aliphatic rings. The smallest absolute Gasteiger partial charge is 0.159 e. The fourth-order valence-electron chi connectivity index (χ4n) is 2.21. The maximum absolute atomic E-state index is 13.1. The van der Waals surface area contributed by atoms with Crippen LogP contribution in [0.3, 0.4) is 0 Å². The third-order valence-electron chi connectivity index (χ3n) is 3.45. The molecule has 3 heteroatoms. The van der Waals surface area contributed by atoms with Gasteiger partial charge >= 0.3 is 0 Å². The van der Waals surface area contributed by atoms with E-state index in [1.54, 1.807) is 6.07 Å². The number of hydrogen-bond donors (Lipinski definition) is 1. The highest BCUT2D eigenvalue weighted by Crippen LogP contribution is 2.47. The molecule has 1 fully saturated rings. The highest BCUT2D eigenvalue weighted by molar-refractivity contribution is 5.21. The Morgan fingerprint density at radius 1 is 1.24 bits per heavy atom. The number of rotatable bonds is 6. The lowest BCUT2D eigenvalue weighted by Crippen LogP contribution is -2.26. The van der Waals surface area contributed by atoms with Crippen LogP contribution in [-0.2, 0) is 6.42 Å². The summed E-state index contributed by atoms with van der Waals surface area (Å²) in [5.41, 5.74) is 1.19. The van der Waals surface area contributed by atoms with Crippen LogP contribution in [0.15, 0.2) is 18.2 Å². The molecule has 0 bridgehead atoms. The molecule has 1 saturated carbocycles. The minimum atomic E-state index is -0.761. The summed E-state index contributed by atoms with van der Waals surface area (Å²) < 4.78 is 25.9. The molecule has 1 aromatic rings. The van der Waals surface area contributed by atoms with Crippen LogP contribution in [0.1, 0.15) is 31.7 Å². The van der Waals surface area contributed by atoms with Crippen molar-refractivity contribution in [1.29, 1.82) is 0 Å². The summed E-state index contributed by atoms with van der Waals surface area (Å²) >= 11 is 0. The van der Waals surface area contributed by atoms with E-state index in [2.05, 4.69) is 12.2 Å². The first-order valence-electron chi connectivity index (χ1n) is 6.30. The van der Waals surface area contributed by atoms with Gasteiger partial charge in [-0.1, -0.05) is 13.0 Å². The van der Waals surface area contributed by atoms with Crippen molar-refractivity contribution in [3.05, 3.63) is 35.4 Å². The Morgan fingerprint density at radius 3 is 2.59 bits per heavy atom. The SMILES string of the molecule is CCCNCC1(Cc2ccc(F)c(F)c2)CC1. The highest BCUT2D eigenvalue weighted by atomic mass is 19.2. The lowest BCUT2D eigenvalue weighted by atomic mass is 9.96. The van der Waals surface area contributed by atoms with Crippen molar-refractivity contribution in [1.82, 2.24) is 5.32 Å². The zero-order chi connectivity index (χ0) is 12.3. The first kappa shape index (κ1) is 12.5. The van der Waals surface area contributed by atoms with Gasteiger partial charge in [0.1, 0.15) is 0 Å². The maximum Gasteiger partial charge on any atom is 0.159 e. The first-order chi connectivity index (χ1) is 8.15. The molecule has 0 atom stereocenters. The lowest BCUT2D eigenvalue weighted by molar-refractivity contribution is 0.452. The Labute approximate surface area is 101 Å². The zero-order valence-corrected chi connectivity index (χ0v) is 10.2. The van der Waals surface area contributed by atoms with Gasteiger partial charge in [-0.25, -0.2) is 8.78 Å². The van der Waals surface area contributed by atoms with Crippen LogP contribution < -0.4 is 5.32 Å². The molecule has 94 valence electrons. The Kier molecular flexibility index (Phi) is 3.77. The molecule has 2 rings (SSSR count). The minimum absolute atomic E-state index is 0.291. The molecule has 0 amide bonds. The maximum atomic E-state index is 13.1. The fourth-order valence-corrected chi connectivity index (χ4v) is 2.21. The monoisotopic (exact) mass is 239 g/mol. The van der Waals surface area contributed by atoms with Crippen molar-refractivity contribution in [3.63, 3.8) is 0 Å². The van der Waals surface area contributed by atoms with Crippen LogP contribution in [-0.4, -0.2) is 13.1 Å². The van der Waals surface area contributed by atoms with Gasteiger partial charge in [-0.15, -0.1) is 0 Å². The predicted octanol–water partition coefficient (Wildman–Crippen LogP) is 3.29. The van der Waals surface area contributed by atoms with Gasteiger partial charge in [-0.2, -0.15) is 0 Å². The van der Waals surface area contributed by atoms with E-state index in [-0.39, 0.29) is 0 Å². The molecule has 0 unspecified atom stereocenters. The van der Waals surface area contributed by atoms with Gasteiger partial charge in [-0.05, 0) is 55.3 Å². The van der Waals surface area contributed by atoms with E-state index in [9.17, 15) is 8.78 Å². The second-order valence-electron chi connectivity index (χ2n) is 5.10. The van der Waals surface area contributed by atoms with E-state index < -0.39 is 11.6 Å². The van der Waals surface area contributed by atoms with Crippen molar-refractivity contribution in [3.8, 4) is 0 Å². The normalized spacial score (nSPS) is 17.1. The molecule has 0 radical (unpaired) electrons. The summed E-state index contributed by atoms with van der Waals surface area (Å²) in [6, 6.07) is 4.24. The lowest BCUT2D eigenvalue weighted by Gasteiger charge is -2.16. The van der Waals surface area contributed by atoms with E-state index in [1.807, 2.05) is 0 Å². The summed E-state index contributed by atoms with van der Waals surface area (Å²) in [5.74, 6) is -1.50. The van der Waals surface area contributed by atoms with Crippen LogP contribution in [0.4, 0.5) is 8.78 Å². The molecular weight excluding hydrogens is 220 g/mol. The van der Waals surface area contributed by atoms with Gasteiger partial charge < -0.3 is 5.32 Å². The predicted molar refractivity (Wildman–Crippen MR) is 64.9 cm³/mol. The number of nitrogens with one attached hydrogen (secondary N) is 1. The molecule has 0 heterocycles. The van der Waals surface area contributed by atoms with E-state index in [4.69, 9.17) is 0 Å². The number of hydrogen-bond acceptors (Lipinski definition) is 1. The summed E-state index contributed by atoms with van der Waals surface area (Å²) in [7, 11) is 0. The van der Waals surface area contributed by atoms with E-state index in [0.29, 0.717) is 5.41 Å². The molecule has 0 aromatic heterocycles. The van der Waals surface area contributed by atoms with E-state index >= 15 is 0 Å². The standard InChI is InChI=1S/C14H19F2N/c1-2-7-17-10-14(5-6-14)9-11-3-4-12(15)13(16)8-11/h3-4,8,17H,2,5-7,9-10H2,1H3. The summed E-state index contributed by atoms with van der Waals surface area (Å²) in [5, 5.41) is 3.42. The van der Waals surface area contributed by atoms with Crippen molar-refractivity contribution in [2.45, 2.75) is 32.6 Å². The molecule has 1 aliphatic carbocycles. The van der Waals surface area contributed by atoms with Crippen molar-refractivity contribution >= 4 is 0 Å². The number of benzene rings is 1. The Bertz CT molecular complexity index is 386. The molecule has 0 saturated heterocycles. The first-order valence-corrected chi connectivity index (χ1v) is 6.30. The Balaban J connectivity index is 1.93. The summed E-state index contributed by atoms with van der Waals surface area (Å²) in [6.45, 7) is 4.15. The second kappa shape index (κ2) is 5.13. The van der Waals surface area contributed by atoms with Crippen LogP contribution in [0, 0.1) is 17.0 Å². The summed E-state index contributed by atoms with van der Waals surface area (Å²) in [4.78, 5) is 0. The molecular formula is C14H19F2N. The molecule has 0 spiro atoms. The topological polar surface area (TPSA) is 12.0 Å². The van der Waals surface area contributed by atoms with Gasteiger partial charge in [0.25, 0.3) is 0 Å². The van der Waals surface area contributed by atoms with E-state index in [1.165, 1.54) is 25.0 Å². The van der Waals surface area contributed by atoms with Gasteiger partial charge in [0.05, 0.1) is 0 Å². The average Bonchev–Trinajstić information content (AvgIpc) is 3.04. The van der Waals surface area contributed by atoms with Crippen LogP contribution in [0.5, 0.6) is 0 Å². The number of halogens is 2. The molecule has 1 nitrogen and oxygen atoms in total. The third-order valence-corrected chi connectivity index (χ3v) is 3.45. The summed E-state index contributed by atoms with van der Waals surface area (Å²) in [6.07, 6.45) is 4.34. The zero-order valence-electron chi connectivity index (χ0n) is 10.2. The van der Waals surface area contributed by atoms with Gasteiger partial charge in [0.15, 0.2) is 11.6 Å². The molecule has 1 aromatic carbocycles. The van der Waals surface area contributed by atoms with Crippen LogP contribution in [0.2, 0.25) is 0 Å². The highest BCUT2D eigenvalue weighted by Gasteiger charge is 2.41.